The summed E-state index contributed by atoms with van der Waals surface area (Å²) in [4.78, 5) is 0. The Hall–Kier alpha value is -0.530. The second kappa shape index (κ2) is 3.65. The number of amidine groups is 1. The first-order chi connectivity index (χ1) is 3.31. The van der Waals surface area contributed by atoms with E-state index in [0.717, 1.165) is 13.0 Å². The number of hydrogen-bond acceptors (Lipinski definition) is 1. The predicted octanol–water partition coefficient (Wildman–Crippen LogP) is 0.983. The minimum absolute atomic E-state index is 0.627. The monoisotopic (exact) mass is 100 g/mol. The Balaban J connectivity index is 3.00. The molecule has 0 radical (unpaired) electrons. The van der Waals surface area contributed by atoms with Crippen LogP contribution in [0.1, 0.15) is 20.3 Å². The van der Waals surface area contributed by atoms with E-state index in [2.05, 4.69) is 5.32 Å². The summed E-state index contributed by atoms with van der Waals surface area (Å²) in [5.41, 5.74) is 0. The summed E-state index contributed by atoms with van der Waals surface area (Å²) >= 11 is 0. The highest BCUT2D eigenvalue weighted by Gasteiger charge is 1.82. The molecule has 0 aliphatic heterocycles. The maximum Gasteiger partial charge on any atom is 0.0928 e. The fourth-order valence-corrected chi connectivity index (χ4v) is 0.338. The van der Waals surface area contributed by atoms with Gasteiger partial charge in [-0.3, -0.25) is 5.41 Å². The quantitative estimate of drug-likeness (QED) is 0.394. The molecule has 0 rings (SSSR count). The second-order valence-electron chi connectivity index (χ2n) is 1.36. The summed E-state index contributed by atoms with van der Waals surface area (Å²) < 4.78 is 0. The second-order valence-corrected chi connectivity index (χ2v) is 1.36. The van der Waals surface area contributed by atoms with Crippen molar-refractivity contribution in [1.29, 1.82) is 5.41 Å². The molecule has 0 heterocycles. The van der Waals surface area contributed by atoms with E-state index in [-0.39, 0.29) is 0 Å². The largest absolute Gasteiger partial charge is 0.374 e. The van der Waals surface area contributed by atoms with E-state index >= 15 is 0 Å². The van der Waals surface area contributed by atoms with Crippen molar-refractivity contribution in [3.8, 4) is 0 Å². The number of nitrogens with one attached hydrogen (secondary N) is 2. The van der Waals surface area contributed by atoms with Gasteiger partial charge in [-0.05, 0) is 6.92 Å². The van der Waals surface area contributed by atoms with Gasteiger partial charge in [0, 0.05) is 13.0 Å². The lowest BCUT2D eigenvalue weighted by Gasteiger charge is -1.97. The molecular formula is C5H12N2. The van der Waals surface area contributed by atoms with E-state index in [4.69, 9.17) is 5.41 Å². The van der Waals surface area contributed by atoms with Crippen LogP contribution in [-0.4, -0.2) is 12.4 Å². The van der Waals surface area contributed by atoms with E-state index in [1.165, 1.54) is 0 Å². The van der Waals surface area contributed by atoms with Crippen LogP contribution in [0.2, 0.25) is 0 Å². The fourth-order valence-electron chi connectivity index (χ4n) is 0.338. The van der Waals surface area contributed by atoms with E-state index in [9.17, 15) is 0 Å². The fraction of sp³-hybridized carbons (Fsp3) is 0.800. The Kier molecular flexibility index (Phi) is 3.38. The third-order valence-corrected chi connectivity index (χ3v) is 0.744. The van der Waals surface area contributed by atoms with Crippen LogP contribution in [0, 0.1) is 5.41 Å². The summed E-state index contributed by atoms with van der Waals surface area (Å²) in [6.07, 6.45) is 0.813. The van der Waals surface area contributed by atoms with Crippen LogP contribution in [0.4, 0.5) is 0 Å². The minimum Gasteiger partial charge on any atom is -0.374 e. The molecule has 2 nitrogen and oxygen atoms in total. The molecule has 0 aromatic carbocycles. The van der Waals surface area contributed by atoms with Crippen LogP contribution < -0.4 is 5.32 Å². The zero-order valence-electron chi connectivity index (χ0n) is 4.91. The van der Waals surface area contributed by atoms with E-state index < -0.39 is 0 Å². The first kappa shape index (κ1) is 6.47. The third-order valence-electron chi connectivity index (χ3n) is 0.744. The van der Waals surface area contributed by atoms with Gasteiger partial charge in [-0.25, -0.2) is 0 Å². The van der Waals surface area contributed by atoms with Gasteiger partial charge in [0.2, 0.25) is 0 Å². The maximum absolute atomic E-state index is 7.03. The number of rotatable bonds is 2. The van der Waals surface area contributed by atoms with Gasteiger partial charge in [0.15, 0.2) is 0 Å². The zero-order valence-corrected chi connectivity index (χ0v) is 4.91. The summed E-state index contributed by atoms with van der Waals surface area (Å²) in [5.74, 6) is 0.627. The molecule has 0 bridgehead atoms. The average Bonchev–Trinajstić information content (AvgIpc) is 1.68. The normalized spacial score (nSPS) is 8.29. The molecule has 7 heavy (non-hydrogen) atoms. The smallest absolute Gasteiger partial charge is 0.0928 e. The SMILES string of the molecule is CCNC(=N)CC. The summed E-state index contributed by atoms with van der Waals surface area (Å²) in [6.45, 7) is 4.82. The Labute approximate surface area is 44.4 Å². The molecule has 2 heteroatoms. The molecule has 0 aromatic heterocycles. The lowest BCUT2D eigenvalue weighted by molar-refractivity contribution is 0.925. The Morgan fingerprint density at radius 3 is 2.29 bits per heavy atom. The van der Waals surface area contributed by atoms with Gasteiger partial charge in [0.05, 0.1) is 5.84 Å². The maximum atomic E-state index is 7.03. The van der Waals surface area contributed by atoms with Crippen LogP contribution in [0.25, 0.3) is 0 Å². The average molecular weight is 100 g/mol. The van der Waals surface area contributed by atoms with Gasteiger partial charge >= 0.3 is 0 Å². The molecule has 0 unspecified atom stereocenters. The first-order valence-corrected chi connectivity index (χ1v) is 2.62. The highest BCUT2D eigenvalue weighted by atomic mass is 14.9. The highest BCUT2D eigenvalue weighted by molar-refractivity contribution is 5.78. The molecular weight excluding hydrogens is 88.1 g/mol. The molecule has 0 amide bonds. The van der Waals surface area contributed by atoms with Gasteiger partial charge in [0.25, 0.3) is 0 Å². The zero-order chi connectivity index (χ0) is 5.70. The predicted molar refractivity (Wildman–Crippen MR) is 31.7 cm³/mol. The van der Waals surface area contributed by atoms with Crippen molar-refractivity contribution < 1.29 is 0 Å². The summed E-state index contributed by atoms with van der Waals surface area (Å²) in [5, 5.41) is 9.90. The van der Waals surface area contributed by atoms with E-state index in [1.807, 2.05) is 13.8 Å². The van der Waals surface area contributed by atoms with Crippen LogP contribution in [0.5, 0.6) is 0 Å². The van der Waals surface area contributed by atoms with Crippen LogP contribution in [-0.2, 0) is 0 Å². The van der Waals surface area contributed by atoms with E-state index in [1.54, 1.807) is 0 Å². The molecule has 0 saturated heterocycles. The molecule has 42 valence electrons. The minimum atomic E-state index is 0.627. The van der Waals surface area contributed by atoms with Crippen molar-refractivity contribution in [2.45, 2.75) is 20.3 Å². The van der Waals surface area contributed by atoms with Crippen LogP contribution >= 0.6 is 0 Å². The number of hydrogen-bond donors (Lipinski definition) is 2. The van der Waals surface area contributed by atoms with Crippen molar-refractivity contribution in [2.75, 3.05) is 6.54 Å². The molecule has 0 atom stereocenters. The molecule has 0 aromatic rings. The summed E-state index contributed by atoms with van der Waals surface area (Å²) in [7, 11) is 0. The van der Waals surface area contributed by atoms with Crippen LogP contribution in [0.15, 0.2) is 0 Å². The van der Waals surface area contributed by atoms with Crippen LogP contribution in [0.3, 0.4) is 0 Å². The van der Waals surface area contributed by atoms with Gasteiger partial charge in [-0.2, -0.15) is 0 Å². The molecule has 0 spiro atoms. The lowest BCUT2D eigenvalue weighted by atomic mass is 10.4. The van der Waals surface area contributed by atoms with Gasteiger partial charge in [0.1, 0.15) is 0 Å². The third kappa shape index (κ3) is 3.30. The van der Waals surface area contributed by atoms with E-state index in [0.29, 0.717) is 5.84 Å². The summed E-state index contributed by atoms with van der Waals surface area (Å²) in [6, 6.07) is 0. The van der Waals surface area contributed by atoms with Gasteiger partial charge in [-0.15, -0.1) is 0 Å². The van der Waals surface area contributed by atoms with Crippen molar-refractivity contribution in [2.24, 2.45) is 0 Å². The van der Waals surface area contributed by atoms with Crippen molar-refractivity contribution in [3.05, 3.63) is 0 Å². The van der Waals surface area contributed by atoms with Crippen molar-refractivity contribution in [3.63, 3.8) is 0 Å². The Morgan fingerprint density at radius 1 is 1.57 bits per heavy atom. The molecule has 0 aliphatic rings. The topological polar surface area (TPSA) is 35.9 Å². The Morgan fingerprint density at radius 2 is 2.14 bits per heavy atom. The van der Waals surface area contributed by atoms with Crippen molar-refractivity contribution >= 4 is 5.84 Å². The van der Waals surface area contributed by atoms with Crippen molar-refractivity contribution in [1.82, 2.24) is 5.32 Å². The van der Waals surface area contributed by atoms with Gasteiger partial charge < -0.3 is 5.32 Å². The molecule has 0 fully saturated rings. The Bertz CT molecular complexity index is 59.1. The standard InChI is InChI=1S/C5H12N2/c1-3-5(6)7-4-2/h3-4H2,1-2H3,(H2,6,7). The molecule has 2 N–H and O–H groups in total. The van der Waals surface area contributed by atoms with Gasteiger partial charge in [-0.1, -0.05) is 6.92 Å². The lowest BCUT2D eigenvalue weighted by Crippen LogP contribution is -2.20. The molecule has 0 saturated carbocycles. The highest BCUT2D eigenvalue weighted by Crippen LogP contribution is 1.72. The molecule has 0 aliphatic carbocycles. The first-order valence-electron chi connectivity index (χ1n) is 2.62.